The smallest absolute Gasteiger partial charge is 0.152 e. The minimum absolute atomic E-state index is 0.150. The van der Waals surface area contributed by atoms with Gasteiger partial charge in [-0.25, -0.2) is 8.78 Å². The van der Waals surface area contributed by atoms with Gasteiger partial charge in [0.05, 0.1) is 6.04 Å². The van der Waals surface area contributed by atoms with E-state index in [-0.39, 0.29) is 11.7 Å². The summed E-state index contributed by atoms with van der Waals surface area (Å²) in [6.07, 6.45) is 0. The number of rotatable bonds is 3. The van der Waals surface area contributed by atoms with Crippen molar-refractivity contribution in [3.05, 3.63) is 63.1 Å². The molecule has 0 heterocycles. The van der Waals surface area contributed by atoms with E-state index in [1.165, 1.54) is 12.1 Å². The molecule has 0 bridgehead atoms. The molecular weight excluding hydrogens is 303 g/mol. The van der Waals surface area contributed by atoms with Crippen LogP contribution in [-0.2, 0) is 0 Å². The van der Waals surface area contributed by atoms with Gasteiger partial charge < -0.3 is 5.32 Å². The maximum absolute atomic E-state index is 13.9. The van der Waals surface area contributed by atoms with Crippen LogP contribution in [0.2, 0.25) is 10.0 Å². The molecule has 2 aromatic carbocycles. The molecule has 0 fully saturated rings. The first-order valence-corrected chi connectivity index (χ1v) is 6.82. The van der Waals surface area contributed by atoms with E-state index in [0.29, 0.717) is 15.6 Å². The van der Waals surface area contributed by atoms with Crippen molar-refractivity contribution in [2.45, 2.75) is 19.9 Å². The molecule has 0 saturated heterocycles. The first-order chi connectivity index (χ1) is 9.40. The van der Waals surface area contributed by atoms with Crippen molar-refractivity contribution in [2.75, 3.05) is 5.32 Å². The molecule has 106 valence electrons. The van der Waals surface area contributed by atoms with Crippen molar-refractivity contribution in [3.63, 3.8) is 0 Å². The summed E-state index contributed by atoms with van der Waals surface area (Å²) in [6.45, 7) is 3.36. The highest BCUT2D eigenvalue weighted by Gasteiger charge is 2.16. The Morgan fingerprint density at radius 2 is 1.80 bits per heavy atom. The summed E-state index contributed by atoms with van der Waals surface area (Å²) in [4.78, 5) is 0. The van der Waals surface area contributed by atoms with Crippen molar-refractivity contribution < 1.29 is 8.78 Å². The molecule has 20 heavy (non-hydrogen) atoms. The molecule has 0 aliphatic carbocycles. The number of hydrogen-bond donors (Lipinski definition) is 1. The van der Waals surface area contributed by atoms with Crippen LogP contribution in [0.4, 0.5) is 14.5 Å². The molecule has 0 aliphatic heterocycles. The van der Waals surface area contributed by atoms with Gasteiger partial charge in [0.2, 0.25) is 0 Å². The summed E-state index contributed by atoms with van der Waals surface area (Å²) in [6, 6.07) is 7.29. The lowest BCUT2D eigenvalue weighted by molar-refractivity contribution is 0.579. The Morgan fingerprint density at radius 3 is 2.45 bits per heavy atom. The van der Waals surface area contributed by atoms with Gasteiger partial charge >= 0.3 is 0 Å². The molecule has 0 saturated carbocycles. The van der Waals surface area contributed by atoms with Gasteiger partial charge in [0, 0.05) is 10.0 Å². The lowest BCUT2D eigenvalue weighted by atomic mass is 10.1. The Bertz CT molecular complexity index is 644. The van der Waals surface area contributed by atoms with Crippen molar-refractivity contribution in [1.29, 1.82) is 0 Å². The second-order valence-corrected chi connectivity index (χ2v) is 5.43. The average molecular weight is 316 g/mol. The lowest BCUT2D eigenvalue weighted by Gasteiger charge is -2.18. The Kier molecular flexibility index (Phi) is 4.51. The highest BCUT2D eigenvalue weighted by molar-refractivity contribution is 6.35. The number of benzene rings is 2. The molecule has 0 radical (unpaired) electrons. The fourth-order valence-electron chi connectivity index (χ4n) is 1.94. The van der Waals surface area contributed by atoms with Crippen LogP contribution in [0.15, 0.2) is 30.3 Å². The van der Waals surface area contributed by atoms with E-state index in [2.05, 4.69) is 5.32 Å². The monoisotopic (exact) mass is 315 g/mol. The predicted octanol–water partition coefficient (Wildman–Crippen LogP) is 5.75. The predicted molar refractivity (Wildman–Crippen MR) is 79.6 cm³/mol. The van der Waals surface area contributed by atoms with Crippen molar-refractivity contribution in [2.24, 2.45) is 0 Å². The molecular formula is C15H13Cl2F2N. The molecule has 5 heteroatoms. The van der Waals surface area contributed by atoms with E-state index in [4.69, 9.17) is 23.2 Å². The van der Waals surface area contributed by atoms with Crippen LogP contribution in [0.25, 0.3) is 0 Å². The zero-order valence-corrected chi connectivity index (χ0v) is 12.5. The molecule has 1 nitrogen and oxygen atoms in total. The number of aryl methyl sites for hydroxylation is 1. The highest BCUT2D eigenvalue weighted by Crippen LogP contribution is 2.30. The van der Waals surface area contributed by atoms with Crippen LogP contribution in [0, 0.1) is 18.6 Å². The minimum Gasteiger partial charge on any atom is -0.374 e. The summed E-state index contributed by atoms with van der Waals surface area (Å²) in [5.74, 6) is -1.23. The molecule has 0 aromatic heterocycles. The first kappa shape index (κ1) is 15.1. The normalized spacial score (nSPS) is 12.3. The summed E-state index contributed by atoms with van der Waals surface area (Å²) in [5.41, 5.74) is 0.947. The summed E-state index contributed by atoms with van der Waals surface area (Å²) in [7, 11) is 0. The Balaban J connectivity index is 2.32. The number of anilines is 1. The van der Waals surface area contributed by atoms with Gasteiger partial charge in [-0.3, -0.25) is 0 Å². The summed E-state index contributed by atoms with van der Waals surface area (Å²) >= 11 is 11.9. The van der Waals surface area contributed by atoms with Gasteiger partial charge in [0.25, 0.3) is 0 Å². The van der Waals surface area contributed by atoms with E-state index < -0.39 is 11.6 Å². The molecule has 1 unspecified atom stereocenters. The first-order valence-electron chi connectivity index (χ1n) is 6.06. The van der Waals surface area contributed by atoms with Crippen LogP contribution in [0.3, 0.4) is 0 Å². The quantitative estimate of drug-likeness (QED) is 0.760. The molecule has 1 atom stereocenters. The molecule has 0 amide bonds. The topological polar surface area (TPSA) is 12.0 Å². The average Bonchev–Trinajstić information content (AvgIpc) is 2.39. The number of hydrogen-bond acceptors (Lipinski definition) is 1. The second-order valence-electron chi connectivity index (χ2n) is 4.59. The SMILES string of the molecule is Cc1ccc(F)c(NC(C)c2ccc(Cl)cc2Cl)c1F. The van der Waals surface area contributed by atoms with Crippen LogP contribution >= 0.6 is 23.2 Å². The third kappa shape index (κ3) is 3.05. The Labute approximate surface area is 126 Å². The summed E-state index contributed by atoms with van der Waals surface area (Å²) in [5, 5.41) is 3.78. The van der Waals surface area contributed by atoms with Gasteiger partial charge in [-0.05, 0) is 43.2 Å². The maximum Gasteiger partial charge on any atom is 0.152 e. The molecule has 0 spiro atoms. The van der Waals surface area contributed by atoms with Crippen LogP contribution in [0.1, 0.15) is 24.1 Å². The summed E-state index contributed by atoms with van der Waals surface area (Å²) < 4.78 is 27.7. The number of halogens is 4. The molecule has 0 aliphatic rings. The lowest BCUT2D eigenvalue weighted by Crippen LogP contribution is -2.10. The fraction of sp³-hybridized carbons (Fsp3) is 0.200. The van der Waals surface area contributed by atoms with Crippen LogP contribution in [-0.4, -0.2) is 0 Å². The Hall–Kier alpha value is -1.32. The van der Waals surface area contributed by atoms with Gasteiger partial charge in [-0.15, -0.1) is 0 Å². The van der Waals surface area contributed by atoms with Crippen molar-refractivity contribution in [1.82, 2.24) is 0 Å². The van der Waals surface area contributed by atoms with E-state index in [1.807, 2.05) is 0 Å². The molecule has 2 rings (SSSR count). The fourth-order valence-corrected chi connectivity index (χ4v) is 2.51. The van der Waals surface area contributed by atoms with Crippen molar-refractivity contribution >= 4 is 28.9 Å². The second kappa shape index (κ2) is 5.98. The zero-order valence-electron chi connectivity index (χ0n) is 11.0. The van der Waals surface area contributed by atoms with E-state index >= 15 is 0 Å². The zero-order chi connectivity index (χ0) is 14.9. The van der Waals surface area contributed by atoms with E-state index in [9.17, 15) is 8.78 Å². The van der Waals surface area contributed by atoms with E-state index in [1.54, 1.807) is 32.0 Å². The third-order valence-corrected chi connectivity index (χ3v) is 3.64. The molecule has 1 N–H and O–H groups in total. The van der Waals surface area contributed by atoms with E-state index in [0.717, 1.165) is 5.56 Å². The number of nitrogens with one attached hydrogen (secondary N) is 1. The largest absolute Gasteiger partial charge is 0.374 e. The third-order valence-electron chi connectivity index (χ3n) is 3.07. The Morgan fingerprint density at radius 1 is 1.10 bits per heavy atom. The van der Waals surface area contributed by atoms with Gasteiger partial charge in [0.1, 0.15) is 11.5 Å². The minimum atomic E-state index is -0.634. The molecule has 2 aromatic rings. The standard InChI is InChI=1S/C15H13Cl2F2N/c1-8-3-6-13(18)15(14(8)19)20-9(2)11-5-4-10(16)7-12(11)17/h3-7,9,20H,1-2H3. The van der Waals surface area contributed by atoms with Gasteiger partial charge in [-0.2, -0.15) is 0 Å². The highest BCUT2D eigenvalue weighted by atomic mass is 35.5. The van der Waals surface area contributed by atoms with Gasteiger partial charge in [0.15, 0.2) is 5.82 Å². The maximum atomic E-state index is 13.9. The van der Waals surface area contributed by atoms with Crippen LogP contribution in [0.5, 0.6) is 0 Å². The van der Waals surface area contributed by atoms with Crippen LogP contribution < -0.4 is 5.32 Å². The van der Waals surface area contributed by atoms with Crippen molar-refractivity contribution in [3.8, 4) is 0 Å². The van der Waals surface area contributed by atoms with Gasteiger partial charge in [-0.1, -0.05) is 35.3 Å².